The molecule has 3 rings (SSSR count). The van der Waals surface area contributed by atoms with E-state index >= 15 is 0 Å². The van der Waals surface area contributed by atoms with Gasteiger partial charge in [-0.3, -0.25) is 9.59 Å². The number of hydrogen-bond acceptors (Lipinski definition) is 3. The monoisotopic (exact) mass is 351 g/mol. The lowest BCUT2D eigenvalue weighted by atomic mass is 10.1. The van der Waals surface area contributed by atoms with E-state index in [1.165, 1.54) is 22.9 Å². The highest BCUT2D eigenvalue weighted by Gasteiger charge is 2.08. The van der Waals surface area contributed by atoms with E-state index in [0.717, 1.165) is 5.56 Å². The van der Waals surface area contributed by atoms with E-state index in [4.69, 9.17) is 0 Å². The summed E-state index contributed by atoms with van der Waals surface area (Å²) >= 11 is 0. The Labute approximate surface area is 150 Å². The number of benzene rings is 2. The maximum atomic E-state index is 13.0. The van der Waals surface area contributed by atoms with Crippen molar-refractivity contribution in [3.05, 3.63) is 88.0 Å². The number of aromatic nitrogens is 2. The summed E-state index contributed by atoms with van der Waals surface area (Å²) in [4.78, 5) is 24.2. The minimum atomic E-state index is -0.332. The van der Waals surface area contributed by atoms with Gasteiger partial charge in [-0.25, -0.2) is 9.07 Å². The zero-order valence-electron chi connectivity index (χ0n) is 14.3. The summed E-state index contributed by atoms with van der Waals surface area (Å²) in [6.07, 6.45) is 0. The molecule has 2 aromatic carbocycles. The fraction of sp³-hybridized carbons (Fsp3) is 0.150. The van der Waals surface area contributed by atoms with Crippen molar-refractivity contribution >= 4 is 5.91 Å². The summed E-state index contributed by atoms with van der Waals surface area (Å²) in [5.74, 6) is -0.521. The smallest absolute Gasteiger partial charge is 0.266 e. The molecule has 0 atom stereocenters. The van der Waals surface area contributed by atoms with Crippen molar-refractivity contribution < 1.29 is 9.18 Å². The van der Waals surface area contributed by atoms with Crippen LogP contribution in [0.1, 0.15) is 15.9 Å². The van der Waals surface area contributed by atoms with Crippen molar-refractivity contribution in [2.24, 2.45) is 0 Å². The number of nitrogens with zero attached hydrogens (tertiary/aromatic N) is 2. The van der Waals surface area contributed by atoms with Gasteiger partial charge in [-0.1, -0.05) is 18.2 Å². The van der Waals surface area contributed by atoms with Gasteiger partial charge in [0.25, 0.3) is 11.5 Å². The molecule has 1 heterocycles. The Morgan fingerprint density at radius 1 is 1.08 bits per heavy atom. The fourth-order valence-corrected chi connectivity index (χ4v) is 2.58. The Hall–Kier alpha value is -3.28. The quantitative estimate of drug-likeness (QED) is 0.769. The minimum Gasteiger partial charge on any atom is -0.350 e. The predicted molar refractivity (Wildman–Crippen MR) is 97.4 cm³/mol. The maximum absolute atomic E-state index is 13.0. The second kappa shape index (κ2) is 7.74. The molecule has 0 radical (unpaired) electrons. The van der Waals surface area contributed by atoms with Gasteiger partial charge in [0.15, 0.2) is 0 Å². The highest BCUT2D eigenvalue weighted by atomic mass is 19.1. The average Bonchev–Trinajstić information content (AvgIpc) is 2.64. The molecule has 1 N–H and O–H groups in total. The Morgan fingerprint density at radius 3 is 2.54 bits per heavy atom. The molecule has 132 valence electrons. The highest BCUT2D eigenvalue weighted by molar-refractivity contribution is 5.95. The third-order valence-electron chi connectivity index (χ3n) is 4.01. The normalized spacial score (nSPS) is 10.5. The van der Waals surface area contributed by atoms with Crippen molar-refractivity contribution in [2.45, 2.75) is 13.5 Å². The molecule has 0 bridgehead atoms. The number of carbonyl (C=O) groups is 1. The zero-order chi connectivity index (χ0) is 18.5. The standard InChI is InChI=1S/C20H18FN3O2/c1-14-4-2-3-5-17(14)20(26)22-12-13-24-19(25)11-10-18(23-24)15-6-8-16(21)9-7-15/h2-11H,12-13H2,1H3,(H,22,26). The van der Waals surface area contributed by atoms with Crippen molar-refractivity contribution in [3.8, 4) is 11.3 Å². The Kier molecular flexibility index (Phi) is 5.22. The highest BCUT2D eigenvalue weighted by Crippen LogP contribution is 2.15. The van der Waals surface area contributed by atoms with E-state index in [1.54, 1.807) is 30.3 Å². The minimum absolute atomic E-state index is 0.189. The molecule has 1 amide bonds. The van der Waals surface area contributed by atoms with Crippen molar-refractivity contribution in [1.82, 2.24) is 15.1 Å². The molecule has 0 aliphatic rings. The van der Waals surface area contributed by atoms with Gasteiger partial charge >= 0.3 is 0 Å². The Balaban J connectivity index is 1.69. The molecule has 26 heavy (non-hydrogen) atoms. The molecular weight excluding hydrogens is 333 g/mol. The first-order chi connectivity index (χ1) is 12.5. The number of aryl methyl sites for hydroxylation is 1. The zero-order valence-corrected chi connectivity index (χ0v) is 14.3. The van der Waals surface area contributed by atoms with Crippen LogP contribution in [0.3, 0.4) is 0 Å². The number of nitrogens with one attached hydrogen (secondary N) is 1. The summed E-state index contributed by atoms with van der Waals surface area (Å²) in [5.41, 5.74) is 2.51. The predicted octanol–water partition coefficient (Wildman–Crippen LogP) is 2.79. The van der Waals surface area contributed by atoms with Gasteiger partial charge in [0.05, 0.1) is 12.2 Å². The SMILES string of the molecule is Cc1ccccc1C(=O)NCCn1nc(-c2ccc(F)cc2)ccc1=O. The lowest BCUT2D eigenvalue weighted by Gasteiger charge is -2.09. The molecule has 1 aromatic heterocycles. The first-order valence-corrected chi connectivity index (χ1v) is 8.22. The number of amides is 1. The lowest BCUT2D eigenvalue weighted by Crippen LogP contribution is -2.32. The largest absolute Gasteiger partial charge is 0.350 e. The van der Waals surface area contributed by atoms with Crippen LogP contribution in [0.2, 0.25) is 0 Å². The van der Waals surface area contributed by atoms with Crippen LogP contribution < -0.4 is 10.9 Å². The summed E-state index contributed by atoms with van der Waals surface area (Å²) in [6, 6.07) is 16.2. The first-order valence-electron chi connectivity index (χ1n) is 8.22. The third-order valence-corrected chi connectivity index (χ3v) is 4.01. The van der Waals surface area contributed by atoms with E-state index in [1.807, 2.05) is 19.1 Å². The van der Waals surface area contributed by atoms with Gasteiger partial charge in [-0.05, 0) is 48.9 Å². The molecule has 6 heteroatoms. The van der Waals surface area contributed by atoms with Crippen LogP contribution in [-0.2, 0) is 6.54 Å². The molecule has 0 saturated carbocycles. The first kappa shape index (κ1) is 17.5. The van der Waals surface area contributed by atoms with Gasteiger partial charge < -0.3 is 5.32 Å². The van der Waals surface area contributed by atoms with Crippen LogP contribution in [0.5, 0.6) is 0 Å². The number of carbonyl (C=O) groups excluding carboxylic acids is 1. The summed E-state index contributed by atoms with van der Waals surface area (Å²) < 4.78 is 14.3. The van der Waals surface area contributed by atoms with E-state index < -0.39 is 0 Å². The molecule has 3 aromatic rings. The van der Waals surface area contributed by atoms with Crippen molar-refractivity contribution in [3.63, 3.8) is 0 Å². The fourth-order valence-electron chi connectivity index (χ4n) is 2.58. The summed E-state index contributed by atoms with van der Waals surface area (Å²) in [5, 5.41) is 7.08. The molecule has 0 fully saturated rings. The van der Waals surface area contributed by atoms with Crippen LogP contribution >= 0.6 is 0 Å². The lowest BCUT2D eigenvalue weighted by molar-refractivity contribution is 0.0951. The topological polar surface area (TPSA) is 64.0 Å². The van der Waals surface area contributed by atoms with Crippen molar-refractivity contribution in [2.75, 3.05) is 6.54 Å². The molecule has 0 aliphatic heterocycles. The number of hydrogen-bond donors (Lipinski definition) is 1. The van der Waals surface area contributed by atoms with Crippen LogP contribution in [0.25, 0.3) is 11.3 Å². The molecule has 0 spiro atoms. The van der Waals surface area contributed by atoms with Crippen LogP contribution in [0.4, 0.5) is 4.39 Å². The molecular formula is C20H18FN3O2. The van der Waals surface area contributed by atoms with Gasteiger partial charge in [0.2, 0.25) is 0 Å². The second-order valence-electron chi connectivity index (χ2n) is 5.86. The molecule has 5 nitrogen and oxygen atoms in total. The van der Waals surface area contributed by atoms with E-state index in [-0.39, 0.29) is 30.4 Å². The molecule has 0 aliphatic carbocycles. The van der Waals surface area contributed by atoms with Crippen molar-refractivity contribution in [1.29, 1.82) is 0 Å². The van der Waals surface area contributed by atoms with E-state index in [0.29, 0.717) is 16.8 Å². The van der Waals surface area contributed by atoms with E-state index in [2.05, 4.69) is 10.4 Å². The maximum Gasteiger partial charge on any atom is 0.266 e. The van der Waals surface area contributed by atoms with Gasteiger partial charge in [0, 0.05) is 23.7 Å². The van der Waals surface area contributed by atoms with Gasteiger partial charge in [-0.15, -0.1) is 0 Å². The van der Waals surface area contributed by atoms with Gasteiger partial charge in [-0.2, -0.15) is 5.10 Å². The number of rotatable bonds is 5. The van der Waals surface area contributed by atoms with Gasteiger partial charge in [0.1, 0.15) is 5.82 Å². The third kappa shape index (κ3) is 4.03. The molecule has 0 unspecified atom stereocenters. The Bertz CT molecular complexity index is 981. The van der Waals surface area contributed by atoms with Crippen LogP contribution in [-0.4, -0.2) is 22.2 Å². The molecule has 0 saturated heterocycles. The second-order valence-corrected chi connectivity index (χ2v) is 5.86. The van der Waals surface area contributed by atoms with Crippen LogP contribution in [0.15, 0.2) is 65.5 Å². The number of halogens is 1. The van der Waals surface area contributed by atoms with Crippen LogP contribution in [0, 0.1) is 12.7 Å². The summed E-state index contributed by atoms with van der Waals surface area (Å²) in [6.45, 7) is 2.38. The average molecular weight is 351 g/mol. The Morgan fingerprint density at radius 2 is 1.81 bits per heavy atom. The van der Waals surface area contributed by atoms with E-state index in [9.17, 15) is 14.0 Å². The summed E-state index contributed by atoms with van der Waals surface area (Å²) in [7, 11) is 0.